The molecule has 0 aliphatic carbocycles. The summed E-state index contributed by atoms with van der Waals surface area (Å²) in [6.45, 7) is 9.14. The van der Waals surface area contributed by atoms with Gasteiger partial charge in [-0.25, -0.2) is 0 Å². The quantitative estimate of drug-likeness (QED) is 0.584. The smallest absolute Gasteiger partial charge is 0.220 e. The van der Waals surface area contributed by atoms with Crippen LogP contribution in [0.15, 0.2) is 0 Å². The van der Waals surface area contributed by atoms with Crippen LogP contribution in [0.3, 0.4) is 0 Å². The van der Waals surface area contributed by atoms with Gasteiger partial charge < -0.3 is 10.6 Å². The van der Waals surface area contributed by atoms with E-state index in [0.717, 1.165) is 32.5 Å². The topological polar surface area (TPSA) is 41.1 Å². The summed E-state index contributed by atoms with van der Waals surface area (Å²) in [5.74, 6) is 0.803. The van der Waals surface area contributed by atoms with Crippen molar-refractivity contribution in [3.8, 4) is 0 Å². The third-order valence-electron chi connectivity index (χ3n) is 2.05. The molecule has 0 aromatic heterocycles. The van der Waals surface area contributed by atoms with Gasteiger partial charge in [0.05, 0.1) is 0 Å². The molecular weight excluding hydrogens is 176 g/mol. The van der Waals surface area contributed by atoms with Crippen molar-refractivity contribution in [2.75, 3.05) is 19.6 Å². The molecule has 0 saturated heterocycles. The Bertz CT molecular complexity index is 146. The fourth-order valence-corrected chi connectivity index (χ4v) is 1.13. The second-order valence-electron chi connectivity index (χ2n) is 3.99. The molecule has 0 aromatic carbocycles. The van der Waals surface area contributed by atoms with Crippen LogP contribution in [0.1, 0.15) is 40.0 Å². The lowest BCUT2D eigenvalue weighted by Crippen LogP contribution is -2.27. The monoisotopic (exact) mass is 200 g/mol. The van der Waals surface area contributed by atoms with E-state index in [1.165, 1.54) is 0 Å². The van der Waals surface area contributed by atoms with Gasteiger partial charge in [-0.15, -0.1) is 0 Å². The third kappa shape index (κ3) is 9.52. The standard InChI is InChI=1S/C11H24N2O/c1-4-12-8-5-9-13-11(14)7-6-10(2)3/h10,12H,4-9H2,1-3H3,(H,13,14). The molecular formula is C11H24N2O. The molecule has 0 fully saturated rings. The zero-order chi connectivity index (χ0) is 10.8. The predicted molar refractivity (Wildman–Crippen MR) is 60.2 cm³/mol. The normalized spacial score (nSPS) is 10.6. The second kappa shape index (κ2) is 9.00. The van der Waals surface area contributed by atoms with Crippen molar-refractivity contribution in [2.45, 2.75) is 40.0 Å². The predicted octanol–water partition coefficient (Wildman–Crippen LogP) is 1.54. The molecule has 0 saturated carbocycles. The summed E-state index contributed by atoms with van der Waals surface area (Å²) in [6, 6.07) is 0. The van der Waals surface area contributed by atoms with Crippen LogP contribution in [-0.4, -0.2) is 25.5 Å². The molecule has 3 nitrogen and oxygen atoms in total. The lowest BCUT2D eigenvalue weighted by molar-refractivity contribution is -0.121. The third-order valence-corrected chi connectivity index (χ3v) is 2.05. The molecule has 0 aliphatic rings. The highest BCUT2D eigenvalue weighted by atomic mass is 16.1. The molecule has 0 atom stereocenters. The van der Waals surface area contributed by atoms with Gasteiger partial charge >= 0.3 is 0 Å². The van der Waals surface area contributed by atoms with Gasteiger partial charge in [0.15, 0.2) is 0 Å². The van der Waals surface area contributed by atoms with Gasteiger partial charge in [-0.05, 0) is 31.8 Å². The first-order chi connectivity index (χ1) is 6.66. The van der Waals surface area contributed by atoms with Crippen LogP contribution in [0.25, 0.3) is 0 Å². The SMILES string of the molecule is CCNCCCNC(=O)CCC(C)C. The Kier molecular flexibility index (Phi) is 8.64. The fourth-order valence-electron chi connectivity index (χ4n) is 1.13. The molecule has 84 valence electrons. The molecule has 0 heterocycles. The van der Waals surface area contributed by atoms with Crippen molar-refractivity contribution in [3.63, 3.8) is 0 Å². The summed E-state index contributed by atoms with van der Waals surface area (Å²) >= 11 is 0. The first-order valence-corrected chi connectivity index (χ1v) is 5.64. The zero-order valence-electron chi connectivity index (χ0n) is 9.73. The van der Waals surface area contributed by atoms with Gasteiger partial charge in [0.2, 0.25) is 5.91 Å². The summed E-state index contributed by atoms with van der Waals surface area (Å²) in [7, 11) is 0. The number of amides is 1. The first-order valence-electron chi connectivity index (χ1n) is 5.64. The maximum atomic E-state index is 11.2. The highest BCUT2D eigenvalue weighted by Crippen LogP contribution is 2.02. The lowest BCUT2D eigenvalue weighted by Gasteiger charge is -2.06. The molecule has 1 amide bonds. The first kappa shape index (κ1) is 13.4. The van der Waals surface area contributed by atoms with Crippen molar-refractivity contribution < 1.29 is 4.79 Å². The van der Waals surface area contributed by atoms with E-state index in [-0.39, 0.29) is 5.91 Å². The van der Waals surface area contributed by atoms with Crippen LogP contribution in [0.4, 0.5) is 0 Å². The Morgan fingerprint density at radius 2 is 2.00 bits per heavy atom. The van der Waals surface area contributed by atoms with E-state index >= 15 is 0 Å². The number of rotatable bonds is 8. The number of hydrogen-bond donors (Lipinski definition) is 2. The second-order valence-corrected chi connectivity index (χ2v) is 3.99. The highest BCUT2D eigenvalue weighted by molar-refractivity contribution is 5.75. The summed E-state index contributed by atoms with van der Waals surface area (Å²) in [6.07, 6.45) is 2.67. The maximum absolute atomic E-state index is 11.2. The van der Waals surface area contributed by atoms with Crippen LogP contribution >= 0.6 is 0 Å². The zero-order valence-corrected chi connectivity index (χ0v) is 9.73. The van der Waals surface area contributed by atoms with Crippen LogP contribution in [0.2, 0.25) is 0 Å². The number of nitrogens with one attached hydrogen (secondary N) is 2. The van der Waals surface area contributed by atoms with Crippen molar-refractivity contribution in [1.82, 2.24) is 10.6 Å². The van der Waals surface area contributed by atoms with Gasteiger partial charge in [0.1, 0.15) is 0 Å². The van der Waals surface area contributed by atoms with Crippen molar-refractivity contribution in [1.29, 1.82) is 0 Å². The molecule has 3 heteroatoms. The highest BCUT2D eigenvalue weighted by Gasteiger charge is 2.01. The van der Waals surface area contributed by atoms with Crippen LogP contribution in [0.5, 0.6) is 0 Å². The van der Waals surface area contributed by atoms with E-state index in [2.05, 4.69) is 31.4 Å². The molecule has 14 heavy (non-hydrogen) atoms. The molecule has 0 unspecified atom stereocenters. The average Bonchev–Trinajstić information content (AvgIpc) is 2.14. The van der Waals surface area contributed by atoms with E-state index in [0.29, 0.717) is 12.3 Å². The van der Waals surface area contributed by atoms with Gasteiger partial charge in [0.25, 0.3) is 0 Å². The van der Waals surface area contributed by atoms with E-state index in [4.69, 9.17) is 0 Å². The Labute approximate surface area is 87.6 Å². The Morgan fingerprint density at radius 1 is 1.29 bits per heavy atom. The lowest BCUT2D eigenvalue weighted by atomic mass is 10.1. The minimum Gasteiger partial charge on any atom is -0.356 e. The van der Waals surface area contributed by atoms with E-state index in [9.17, 15) is 4.79 Å². The maximum Gasteiger partial charge on any atom is 0.220 e. The number of hydrogen-bond acceptors (Lipinski definition) is 2. The van der Waals surface area contributed by atoms with Gasteiger partial charge in [0, 0.05) is 13.0 Å². The van der Waals surface area contributed by atoms with Gasteiger partial charge in [-0.3, -0.25) is 4.79 Å². The number of carbonyl (C=O) groups is 1. The van der Waals surface area contributed by atoms with Crippen LogP contribution in [0, 0.1) is 5.92 Å². The molecule has 0 radical (unpaired) electrons. The van der Waals surface area contributed by atoms with E-state index in [1.807, 2.05) is 0 Å². The molecule has 0 rings (SSSR count). The summed E-state index contributed by atoms with van der Waals surface area (Å²) in [5, 5.41) is 6.14. The largest absolute Gasteiger partial charge is 0.356 e. The number of carbonyl (C=O) groups excluding carboxylic acids is 1. The average molecular weight is 200 g/mol. The molecule has 0 aromatic rings. The molecule has 2 N–H and O–H groups in total. The molecule has 0 aliphatic heterocycles. The minimum atomic E-state index is 0.190. The summed E-state index contributed by atoms with van der Waals surface area (Å²) < 4.78 is 0. The van der Waals surface area contributed by atoms with E-state index < -0.39 is 0 Å². The van der Waals surface area contributed by atoms with Crippen LogP contribution < -0.4 is 10.6 Å². The Balaban J connectivity index is 3.18. The van der Waals surface area contributed by atoms with E-state index in [1.54, 1.807) is 0 Å². The Morgan fingerprint density at radius 3 is 2.57 bits per heavy atom. The molecule has 0 spiro atoms. The molecule has 0 bridgehead atoms. The van der Waals surface area contributed by atoms with Crippen molar-refractivity contribution in [2.24, 2.45) is 5.92 Å². The van der Waals surface area contributed by atoms with Crippen LogP contribution in [-0.2, 0) is 4.79 Å². The summed E-state index contributed by atoms with van der Waals surface area (Å²) in [5.41, 5.74) is 0. The van der Waals surface area contributed by atoms with Gasteiger partial charge in [-0.2, -0.15) is 0 Å². The summed E-state index contributed by atoms with van der Waals surface area (Å²) in [4.78, 5) is 11.2. The fraction of sp³-hybridized carbons (Fsp3) is 0.909. The minimum absolute atomic E-state index is 0.190. The Hall–Kier alpha value is -0.570. The van der Waals surface area contributed by atoms with Crippen molar-refractivity contribution >= 4 is 5.91 Å². The van der Waals surface area contributed by atoms with Crippen molar-refractivity contribution in [3.05, 3.63) is 0 Å². The van der Waals surface area contributed by atoms with Gasteiger partial charge in [-0.1, -0.05) is 20.8 Å².